The lowest BCUT2D eigenvalue weighted by Gasteiger charge is -2.06. The van der Waals surface area contributed by atoms with Gasteiger partial charge in [-0.1, -0.05) is 6.07 Å². The first-order valence-electron chi connectivity index (χ1n) is 4.99. The molecule has 0 saturated carbocycles. The molecule has 1 N–H and O–H groups in total. The van der Waals surface area contributed by atoms with Crippen molar-refractivity contribution in [3.05, 3.63) is 45.9 Å². The molecule has 0 aliphatic carbocycles. The van der Waals surface area contributed by atoms with Crippen LogP contribution in [0, 0.1) is 16.5 Å². The summed E-state index contributed by atoms with van der Waals surface area (Å²) in [7, 11) is 0. The van der Waals surface area contributed by atoms with E-state index in [9.17, 15) is 19.7 Å². The number of carbonyl (C=O) groups is 2. The van der Waals surface area contributed by atoms with Gasteiger partial charge in [0, 0.05) is 6.07 Å². The van der Waals surface area contributed by atoms with Gasteiger partial charge in [0.2, 0.25) is 0 Å². The first-order chi connectivity index (χ1) is 8.47. The molecule has 1 aromatic rings. The van der Waals surface area contributed by atoms with Gasteiger partial charge in [-0.05, 0) is 13.0 Å². The Morgan fingerprint density at radius 1 is 1.50 bits per heavy atom. The number of ether oxygens (including phenoxy) is 1. The highest BCUT2D eigenvalue weighted by Gasteiger charge is 2.24. The Morgan fingerprint density at radius 3 is 2.67 bits per heavy atom. The average Bonchev–Trinajstić information content (AvgIpc) is 2.28. The molecule has 0 fully saturated rings. The minimum Gasteiger partial charge on any atom is -0.478 e. The maximum absolute atomic E-state index is 11.3. The predicted molar refractivity (Wildman–Crippen MR) is 60.1 cm³/mol. The Labute approximate surface area is 102 Å². The van der Waals surface area contributed by atoms with E-state index in [0.29, 0.717) is 0 Å². The van der Waals surface area contributed by atoms with Crippen LogP contribution in [0.1, 0.15) is 22.8 Å². The van der Waals surface area contributed by atoms with E-state index in [1.54, 1.807) is 6.92 Å². The van der Waals surface area contributed by atoms with E-state index in [1.807, 2.05) is 0 Å². The highest BCUT2D eigenvalue weighted by molar-refractivity contribution is 5.96. The smallest absolute Gasteiger partial charge is 0.336 e. The monoisotopic (exact) mass is 252 g/mol. The van der Waals surface area contributed by atoms with Crippen LogP contribution in [0.4, 0.5) is 5.69 Å². The Bertz CT molecular complexity index is 464. The van der Waals surface area contributed by atoms with Crippen LogP contribution in [0.5, 0.6) is 0 Å². The normalized spacial score (nSPS) is 9.83. The molecule has 1 rings (SSSR count). The summed E-state index contributed by atoms with van der Waals surface area (Å²) in [5, 5.41) is 19.7. The molecule has 7 heteroatoms. The number of aromatic carboxylic acids is 1. The number of rotatable bonds is 5. The van der Waals surface area contributed by atoms with Crippen molar-refractivity contribution in [1.29, 1.82) is 0 Å². The maximum atomic E-state index is 11.3. The van der Waals surface area contributed by atoms with Crippen molar-refractivity contribution in [2.45, 2.75) is 6.92 Å². The van der Waals surface area contributed by atoms with E-state index in [2.05, 4.69) is 4.74 Å². The number of hydrogen-bond donors (Lipinski definition) is 1. The zero-order chi connectivity index (χ0) is 13.7. The number of nitrogens with zero attached hydrogens (tertiary/aromatic N) is 1. The highest BCUT2D eigenvalue weighted by atomic mass is 16.6. The van der Waals surface area contributed by atoms with Crippen molar-refractivity contribution in [3.8, 4) is 0 Å². The van der Waals surface area contributed by atoms with Crippen molar-refractivity contribution in [2.24, 2.45) is 0 Å². The van der Waals surface area contributed by atoms with Gasteiger partial charge in [0.1, 0.15) is 6.42 Å². The van der Waals surface area contributed by atoms with Gasteiger partial charge < -0.3 is 9.84 Å². The molecule has 0 unspecified atom stereocenters. The van der Waals surface area contributed by atoms with Crippen LogP contribution in [0.15, 0.2) is 18.2 Å². The Morgan fingerprint density at radius 2 is 2.17 bits per heavy atom. The number of nitro benzene ring substituents is 1. The van der Waals surface area contributed by atoms with Crippen molar-refractivity contribution in [3.63, 3.8) is 0 Å². The molecule has 0 aliphatic heterocycles. The quantitative estimate of drug-likeness (QED) is 0.482. The fourth-order valence-corrected chi connectivity index (χ4v) is 1.35. The lowest BCUT2D eigenvalue weighted by molar-refractivity contribution is -0.385. The van der Waals surface area contributed by atoms with Crippen molar-refractivity contribution in [1.82, 2.24) is 0 Å². The molecule has 0 saturated heterocycles. The minimum atomic E-state index is -1.35. The van der Waals surface area contributed by atoms with Gasteiger partial charge in [-0.15, -0.1) is 0 Å². The summed E-state index contributed by atoms with van der Waals surface area (Å²) in [6.45, 7) is 1.67. The van der Waals surface area contributed by atoms with Crippen LogP contribution in [-0.4, -0.2) is 28.6 Å². The van der Waals surface area contributed by atoms with Crippen molar-refractivity contribution >= 4 is 17.6 Å². The Hall–Kier alpha value is -2.44. The number of benzene rings is 1. The lowest BCUT2D eigenvalue weighted by atomic mass is 10.0. The SMILES string of the molecule is CCOC(=O)[CH]c1c(C(=O)O)cccc1[N+](=O)[O-]. The molecule has 0 aromatic heterocycles. The van der Waals surface area contributed by atoms with Crippen LogP contribution in [0.25, 0.3) is 0 Å². The van der Waals surface area contributed by atoms with Crippen LogP contribution >= 0.6 is 0 Å². The van der Waals surface area contributed by atoms with E-state index in [1.165, 1.54) is 12.1 Å². The third-order valence-corrected chi connectivity index (χ3v) is 2.06. The van der Waals surface area contributed by atoms with Gasteiger partial charge in [-0.25, -0.2) is 4.79 Å². The predicted octanol–water partition coefficient (Wildman–Crippen LogP) is 1.41. The van der Waals surface area contributed by atoms with Crippen LogP contribution < -0.4 is 0 Å². The molecule has 0 amide bonds. The molecule has 1 aromatic carbocycles. The van der Waals surface area contributed by atoms with E-state index in [4.69, 9.17) is 5.11 Å². The van der Waals surface area contributed by atoms with Gasteiger partial charge in [0.05, 0.1) is 22.7 Å². The molecule has 18 heavy (non-hydrogen) atoms. The van der Waals surface area contributed by atoms with E-state index in [0.717, 1.165) is 12.5 Å². The summed E-state index contributed by atoms with van der Waals surface area (Å²) in [4.78, 5) is 32.2. The fraction of sp³-hybridized carbons (Fsp3) is 0.182. The van der Waals surface area contributed by atoms with Crippen LogP contribution in [-0.2, 0) is 9.53 Å². The maximum Gasteiger partial charge on any atom is 0.336 e. The summed E-state index contributed by atoms with van der Waals surface area (Å²) >= 11 is 0. The lowest BCUT2D eigenvalue weighted by Crippen LogP contribution is -2.11. The number of carboxylic acids is 1. The van der Waals surface area contributed by atoms with E-state index < -0.39 is 22.5 Å². The molecule has 0 aliphatic rings. The summed E-state index contributed by atoms with van der Waals surface area (Å²) in [5.74, 6) is -2.18. The molecular formula is C11H10NO6. The number of esters is 1. The zero-order valence-corrected chi connectivity index (χ0v) is 9.45. The van der Waals surface area contributed by atoms with Gasteiger partial charge in [-0.2, -0.15) is 0 Å². The molecular weight excluding hydrogens is 242 g/mol. The molecule has 7 nitrogen and oxygen atoms in total. The fourth-order valence-electron chi connectivity index (χ4n) is 1.35. The average molecular weight is 252 g/mol. The summed E-state index contributed by atoms with van der Waals surface area (Å²) < 4.78 is 4.61. The summed E-state index contributed by atoms with van der Waals surface area (Å²) in [5.41, 5.74) is -1.05. The minimum absolute atomic E-state index is 0.0956. The second-order valence-corrected chi connectivity index (χ2v) is 3.20. The first-order valence-corrected chi connectivity index (χ1v) is 4.99. The van der Waals surface area contributed by atoms with E-state index in [-0.39, 0.29) is 17.7 Å². The second-order valence-electron chi connectivity index (χ2n) is 3.20. The number of carbonyl (C=O) groups excluding carboxylic acids is 1. The number of nitro groups is 1. The van der Waals surface area contributed by atoms with Crippen LogP contribution in [0.2, 0.25) is 0 Å². The molecule has 0 atom stereocenters. The zero-order valence-electron chi connectivity index (χ0n) is 9.45. The summed E-state index contributed by atoms with van der Waals surface area (Å²) in [6.07, 6.45) is 0.811. The van der Waals surface area contributed by atoms with Crippen molar-refractivity contribution < 1.29 is 24.4 Å². The van der Waals surface area contributed by atoms with Crippen LogP contribution in [0.3, 0.4) is 0 Å². The Kier molecular flexibility index (Phi) is 4.36. The first kappa shape index (κ1) is 13.6. The standard InChI is InChI=1S/C11H10NO6/c1-2-18-10(13)6-8-7(11(14)15)4-3-5-9(8)12(16)17/h3-6H,2H2,1H3,(H,14,15). The second kappa shape index (κ2) is 5.76. The molecule has 1 radical (unpaired) electrons. The van der Waals surface area contributed by atoms with E-state index >= 15 is 0 Å². The molecule has 95 valence electrons. The highest BCUT2D eigenvalue weighted by Crippen LogP contribution is 2.24. The van der Waals surface area contributed by atoms with Gasteiger partial charge in [-0.3, -0.25) is 14.9 Å². The summed E-state index contributed by atoms with van der Waals surface area (Å²) in [6, 6.07) is 3.54. The largest absolute Gasteiger partial charge is 0.478 e. The molecule has 0 spiro atoms. The number of carboxylic acid groups (broad SMARTS) is 1. The van der Waals surface area contributed by atoms with Crippen molar-refractivity contribution in [2.75, 3.05) is 6.61 Å². The molecule has 0 bridgehead atoms. The third-order valence-electron chi connectivity index (χ3n) is 2.06. The van der Waals surface area contributed by atoms with Gasteiger partial charge >= 0.3 is 11.9 Å². The number of hydrogen-bond acceptors (Lipinski definition) is 5. The Balaban J connectivity index is 3.23. The topological polar surface area (TPSA) is 107 Å². The molecule has 0 heterocycles. The third kappa shape index (κ3) is 3.03. The van der Waals surface area contributed by atoms with Gasteiger partial charge in [0.15, 0.2) is 0 Å². The van der Waals surface area contributed by atoms with Gasteiger partial charge in [0.25, 0.3) is 5.69 Å².